The van der Waals surface area contributed by atoms with E-state index in [9.17, 15) is 4.79 Å². The van der Waals surface area contributed by atoms with Crippen molar-refractivity contribution in [3.8, 4) is 5.75 Å². The average Bonchev–Trinajstić information content (AvgIpc) is 3.22. The van der Waals surface area contributed by atoms with Crippen molar-refractivity contribution in [1.82, 2.24) is 9.80 Å². The first kappa shape index (κ1) is 19.3. The van der Waals surface area contributed by atoms with Gasteiger partial charge in [0.2, 0.25) is 5.91 Å². The minimum Gasteiger partial charge on any atom is -0.492 e. The fourth-order valence-electron chi connectivity index (χ4n) is 4.84. The molecule has 4 nitrogen and oxygen atoms in total. The minimum absolute atomic E-state index is 0.174. The number of carbonyl (C=O) groups is 1. The molecule has 5 heteroatoms. The Morgan fingerprint density at radius 3 is 2.61 bits per heavy atom. The van der Waals surface area contributed by atoms with Gasteiger partial charge in [-0.2, -0.15) is 0 Å². The van der Waals surface area contributed by atoms with E-state index < -0.39 is 0 Å². The number of nitrogens with zero attached hydrogens (tertiary/aromatic N) is 2. The predicted octanol–water partition coefficient (Wildman–Crippen LogP) is 4.39. The van der Waals surface area contributed by atoms with Crippen LogP contribution in [-0.4, -0.2) is 41.9 Å². The van der Waals surface area contributed by atoms with E-state index in [0.717, 1.165) is 31.9 Å². The van der Waals surface area contributed by atoms with Gasteiger partial charge in [-0.05, 0) is 36.1 Å². The zero-order valence-corrected chi connectivity index (χ0v) is 17.2. The third-order valence-corrected chi connectivity index (χ3v) is 6.28. The topological polar surface area (TPSA) is 32.8 Å². The van der Waals surface area contributed by atoms with E-state index in [1.165, 1.54) is 11.1 Å². The third-order valence-electron chi connectivity index (χ3n) is 5.99. The summed E-state index contributed by atoms with van der Waals surface area (Å²) < 4.78 is 5.54. The Balaban J connectivity index is 1.49. The molecular weight excluding hydrogens is 372 g/mol. The number of likely N-dealkylation sites (tertiary alicyclic amines) is 2. The average molecular weight is 399 g/mol. The van der Waals surface area contributed by atoms with Crippen LogP contribution in [0.15, 0.2) is 48.5 Å². The molecule has 2 aromatic carbocycles. The summed E-state index contributed by atoms with van der Waals surface area (Å²) in [6.45, 7) is 8.00. The molecule has 0 bridgehead atoms. The summed E-state index contributed by atoms with van der Waals surface area (Å²) in [6, 6.07) is 16.7. The van der Waals surface area contributed by atoms with Crippen LogP contribution < -0.4 is 4.74 Å². The van der Waals surface area contributed by atoms with Gasteiger partial charge in [0.1, 0.15) is 5.75 Å². The van der Waals surface area contributed by atoms with Crippen LogP contribution in [0.25, 0.3) is 0 Å². The van der Waals surface area contributed by atoms with Gasteiger partial charge in [-0.25, -0.2) is 0 Å². The van der Waals surface area contributed by atoms with Crippen LogP contribution in [0.4, 0.5) is 0 Å². The molecule has 0 radical (unpaired) electrons. The maximum absolute atomic E-state index is 12.2. The van der Waals surface area contributed by atoms with Crippen LogP contribution >= 0.6 is 11.6 Å². The van der Waals surface area contributed by atoms with E-state index >= 15 is 0 Å². The molecule has 28 heavy (non-hydrogen) atoms. The number of hydrogen-bond donors (Lipinski definition) is 0. The minimum atomic E-state index is 0.174. The van der Waals surface area contributed by atoms with Crippen molar-refractivity contribution in [2.24, 2.45) is 11.8 Å². The number of hydrogen-bond acceptors (Lipinski definition) is 3. The van der Waals surface area contributed by atoms with Gasteiger partial charge < -0.3 is 9.64 Å². The van der Waals surface area contributed by atoms with E-state index in [0.29, 0.717) is 23.5 Å². The van der Waals surface area contributed by atoms with Crippen molar-refractivity contribution in [3.63, 3.8) is 0 Å². The number of carbonyl (C=O) groups excluding carboxylic acids is 1. The van der Waals surface area contributed by atoms with Crippen molar-refractivity contribution in [1.29, 1.82) is 0 Å². The summed E-state index contributed by atoms with van der Waals surface area (Å²) in [7, 11) is 0. The Bertz CT molecular complexity index is 842. The molecule has 0 saturated carbocycles. The maximum atomic E-state index is 12.2. The Kier molecular flexibility index (Phi) is 5.61. The zero-order valence-electron chi connectivity index (χ0n) is 16.5. The summed E-state index contributed by atoms with van der Waals surface area (Å²) in [5, 5.41) is 0.670. The number of benzene rings is 2. The molecule has 2 aromatic rings. The van der Waals surface area contributed by atoms with E-state index in [2.05, 4.69) is 40.1 Å². The normalized spacial score (nSPS) is 24.4. The Morgan fingerprint density at radius 1 is 1.14 bits per heavy atom. The molecule has 4 rings (SSSR count). The second-order valence-corrected chi connectivity index (χ2v) is 8.25. The summed E-state index contributed by atoms with van der Waals surface area (Å²) in [6.07, 6.45) is 0. The Morgan fingerprint density at radius 2 is 1.93 bits per heavy atom. The van der Waals surface area contributed by atoms with Crippen LogP contribution in [0.3, 0.4) is 0 Å². The molecule has 0 unspecified atom stereocenters. The van der Waals surface area contributed by atoms with E-state index in [-0.39, 0.29) is 11.9 Å². The van der Waals surface area contributed by atoms with E-state index in [1.54, 1.807) is 6.92 Å². The molecule has 2 saturated heterocycles. The number of rotatable bonds is 5. The lowest BCUT2D eigenvalue weighted by Gasteiger charge is -2.29. The molecular formula is C23H27ClN2O2. The van der Waals surface area contributed by atoms with Crippen molar-refractivity contribution in [3.05, 3.63) is 64.7 Å². The van der Waals surface area contributed by atoms with Gasteiger partial charge in [0, 0.05) is 39.0 Å². The summed E-state index contributed by atoms with van der Waals surface area (Å²) in [5.74, 6) is 1.91. The van der Waals surface area contributed by atoms with Crippen LogP contribution in [-0.2, 0) is 11.3 Å². The molecule has 0 spiro atoms. The lowest BCUT2D eigenvalue weighted by molar-refractivity contribution is -0.130. The maximum Gasteiger partial charge on any atom is 0.219 e. The smallest absolute Gasteiger partial charge is 0.219 e. The number of amides is 1. The van der Waals surface area contributed by atoms with Gasteiger partial charge in [0.05, 0.1) is 17.7 Å². The molecule has 3 atom stereocenters. The SMILES string of the molecule is CCOc1ccc(CN2C[C@@H]3CN(C(C)=O)[C@@H](c4ccccc4)[C@@H]3C2)cc1Cl. The van der Waals surface area contributed by atoms with Gasteiger partial charge in [-0.15, -0.1) is 0 Å². The Hall–Kier alpha value is -2.04. The van der Waals surface area contributed by atoms with Gasteiger partial charge in [0.25, 0.3) is 0 Å². The predicted molar refractivity (Wildman–Crippen MR) is 111 cm³/mol. The molecule has 0 aliphatic carbocycles. The quantitative estimate of drug-likeness (QED) is 0.748. The first-order valence-electron chi connectivity index (χ1n) is 10.0. The Labute approximate surface area is 172 Å². The second-order valence-electron chi connectivity index (χ2n) is 7.84. The molecule has 0 N–H and O–H groups in total. The lowest BCUT2D eigenvalue weighted by atomic mass is 9.89. The molecule has 0 aromatic heterocycles. The van der Waals surface area contributed by atoms with Gasteiger partial charge in [-0.1, -0.05) is 48.0 Å². The van der Waals surface area contributed by atoms with Gasteiger partial charge in [-0.3, -0.25) is 9.69 Å². The van der Waals surface area contributed by atoms with Crippen LogP contribution in [0.1, 0.15) is 31.0 Å². The van der Waals surface area contributed by atoms with Crippen molar-refractivity contribution in [2.75, 3.05) is 26.2 Å². The molecule has 2 heterocycles. The fourth-order valence-corrected chi connectivity index (χ4v) is 5.10. The van der Waals surface area contributed by atoms with E-state index in [4.69, 9.17) is 16.3 Å². The van der Waals surface area contributed by atoms with Gasteiger partial charge in [0.15, 0.2) is 0 Å². The lowest BCUT2D eigenvalue weighted by Crippen LogP contribution is -2.34. The van der Waals surface area contributed by atoms with Crippen LogP contribution in [0, 0.1) is 11.8 Å². The molecule has 1 amide bonds. The van der Waals surface area contributed by atoms with Crippen molar-refractivity contribution >= 4 is 17.5 Å². The van der Waals surface area contributed by atoms with Crippen molar-refractivity contribution in [2.45, 2.75) is 26.4 Å². The number of ether oxygens (including phenoxy) is 1. The largest absolute Gasteiger partial charge is 0.492 e. The highest BCUT2D eigenvalue weighted by Gasteiger charge is 2.48. The fraction of sp³-hybridized carbons (Fsp3) is 0.435. The highest BCUT2D eigenvalue weighted by molar-refractivity contribution is 6.32. The molecule has 148 valence electrons. The summed E-state index contributed by atoms with van der Waals surface area (Å²) in [5.41, 5.74) is 2.45. The monoisotopic (exact) mass is 398 g/mol. The third kappa shape index (κ3) is 3.76. The van der Waals surface area contributed by atoms with Crippen LogP contribution in [0.2, 0.25) is 5.02 Å². The summed E-state index contributed by atoms with van der Waals surface area (Å²) >= 11 is 6.36. The zero-order chi connectivity index (χ0) is 19.7. The van der Waals surface area contributed by atoms with E-state index in [1.807, 2.05) is 25.1 Å². The highest BCUT2D eigenvalue weighted by Crippen LogP contribution is 2.45. The van der Waals surface area contributed by atoms with Gasteiger partial charge >= 0.3 is 0 Å². The van der Waals surface area contributed by atoms with Crippen molar-refractivity contribution < 1.29 is 9.53 Å². The standard InChI is InChI=1S/C23H27ClN2O2/c1-3-28-22-10-9-17(11-21(22)24)12-25-13-19-14-26(16(2)27)23(20(19)15-25)18-7-5-4-6-8-18/h4-11,19-20,23H,3,12-15H2,1-2H3/t19-,20-,23+/m1/s1. The molecule has 2 aliphatic heterocycles. The highest BCUT2D eigenvalue weighted by atomic mass is 35.5. The second kappa shape index (κ2) is 8.14. The van der Waals surface area contributed by atoms with Crippen LogP contribution in [0.5, 0.6) is 5.75 Å². The number of halogens is 1. The summed E-state index contributed by atoms with van der Waals surface area (Å²) in [4.78, 5) is 16.8. The molecule has 2 aliphatic rings. The first-order valence-corrected chi connectivity index (χ1v) is 10.4. The molecule has 2 fully saturated rings. The first-order chi connectivity index (χ1) is 13.6. The number of fused-ring (bicyclic) bond motifs is 1.